The molecule has 0 saturated heterocycles. The van der Waals surface area contributed by atoms with E-state index in [-0.39, 0.29) is 63.3 Å². The van der Waals surface area contributed by atoms with E-state index in [1.165, 1.54) is 42.3 Å². The quantitative estimate of drug-likeness (QED) is 0.200. The van der Waals surface area contributed by atoms with Gasteiger partial charge in [-0.3, -0.25) is 19.2 Å². The second-order valence-corrected chi connectivity index (χ2v) is 9.22. The summed E-state index contributed by atoms with van der Waals surface area (Å²) in [5, 5.41) is -0.166. The van der Waals surface area contributed by atoms with E-state index in [1.807, 2.05) is 13.8 Å². The van der Waals surface area contributed by atoms with Gasteiger partial charge in [-0.05, 0) is 39.5 Å². The minimum atomic E-state index is -1.17. The van der Waals surface area contributed by atoms with E-state index < -0.39 is 35.3 Å². The molecule has 2 aliphatic carbocycles. The van der Waals surface area contributed by atoms with Gasteiger partial charge >= 0.3 is 5.09 Å². The number of allylic oxidation sites excluding steroid dienone is 4. The van der Waals surface area contributed by atoms with Gasteiger partial charge in [0.25, 0.3) is 0 Å². The zero-order valence-corrected chi connectivity index (χ0v) is 24.3. The highest BCUT2D eigenvalue weighted by atomic mass is 17.0. The van der Waals surface area contributed by atoms with E-state index >= 15 is 0 Å². The van der Waals surface area contributed by atoms with Gasteiger partial charge in [0.1, 0.15) is 4.91 Å². The van der Waals surface area contributed by atoms with Crippen molar-refractivity contribution in [1.82, 2.24) is 0 Å². The molecule has 0 spiro atoms. The molecular formula is C28H38NO11+. The highest BCUT2D eigenvalue weighted by Crippen LogP contribution is 2.33. The smallest absolute Gasteiger partial charge is 0.478 e. The van der Waals surface area contributed by atoms with Crippen molar-refractivity contribution in [3.8, 4) is 0 Å². The third-order valence-electron chi connectivity index (χ3n) is 6.74. The first-order valence-corrected chi connectivity index (χ1v) is 13.1. The van der Waals surface area contributed by atoms with Gasteiger partial charge in [0.05, 0.1) is 39.6 Å². The Morgan fingerprint density at radius 2 is 0.875 bits per heavy atom. The van der Waals surface area contributed by atoms with Crippen molar-refractivity contribution >= 4 is 23.1 Å². The Bertz CT molecular complexity index is 1100. The van der Waals surface area contributed by atoms with Crippen LogP contribution < -0.4 is 0 Å². The number of nitrogens with zero attached hydrogens (tertiary/aromatic N) is 1. The molecule has 2 rings (SSSR count). The highest BCUT2D eigenvalue weighted by Gasteiger charge is 2.45. The maximum atomic E-state index is 13.3. The number of unbranched alkanes of at least 4 members (excludes halogenated alkanes) is 2. The first-order valence-electron chi connectivity index (χ1n) is 13.1. The molecule has 2 aliphatic rings. The molecule has 0 heterocycles. The summed E-state index contributed by atoms with van der Waals surface area (Å²) in [6, 6.07) is 0. The van der Waals surface area contributed by atoms with Crippen LogP contribution in [0.15, 0.2) is 45.3 Å². The molecule has 12 nitrogen and oxygen atoms in total. The van der Waals surface area contributed by atoms with Gasteiger partial charge in [0, 0.05) is 11.1 Å². The highest BCUT2D eigenvalue weighted by molar-refractivity contribution is 6.24. The topological polar surface area (TPSA) is 144 Å². The number of ether oxygens (including phenoxy) is 4. The normalized spacial score (nSPS) is 17.8. The molecule has 0 aliphatic heterocycles. The van der Waals surface area contributed by atoms with Gasteiger partial charge in [-0.15, -0.1) is 0 Å². The molecule has 2 atom stereocenters. The van der Waals surface area contributed by atoms with Crippen LogP contribution in [-0.4, -0.2) is 68.9 Å². The zero-order chi connectivity index (χ0) is 30.1. The van der Waals surface area contributed by atoms with Crippen LogP contribution in [0.25, 0.3) is 0 Å². The Morgan fingerprint density at radius 3 is 1.15 bits per heavy atom. The Kier molecular flexibility index (Phi) is 11.6. The van der Waals surface area contributed by atoms with Crippen LogP contribution >= 0.6 is 0 Å². The van der Waals surface area contributed by atoms with Crippen molar-refractivity contribution in [2.75, 3.05) is 28.4 Å². The molecule has 0 saturated carbocycles. The lowest BCUT2D eigenvalue weighted by molar-refractivity contribution is -0.990. The summed E-state index contributed by atoms with van der Waals surface area (Å²) >= 11 is 0. The third-order valence-corrected chi connectivity index (χ3v) is 6.74. The van der Waals surface area contributed by atoms with Crippen LogP contribution in [0.3, 0.4) is 0 Å². The molecule has 0 bridgehead atoms. The number of ketones is 4. The maximum Gasteiger partial charge on any atom is 0.478 e. The molecule has 0 aromatic carbocycles. The Balaban J connectivity index is 2.45. The fourth-order valence-corrected chi connectivity index (χ4v) is 4.61. The van der Waals surface area contributed by atoms with E-state index in [4.69, 9.17) is 28.6 Å². The molecule has 0 aromatic heterocycles. The summed E-state index contributed by atoms with van der Waals surface area (Å²) in [5.41, 5.74) is -0.0137. The van der Waals surface area contributed by atoms with Crippen molar-refractivity contribution < 1.29 is 52.9 Å². The standard InChI is InChI=1S/C28H38NO11/c1-9-11-13-17(19-15(3)21(30)25(35-5)27(37-7)23(19)32)39-29(34)40-18(14-12-10-2)20-16(4)22(31)26(36-6)28(38-8)24(20)33/h17-18H,9-14H2,1-8H3/q+1. The first-order chi connectivity index (χ1) is 19.0. The number of rotatable bonds is 16. The summed E-state index contributed by atoms with van der Waals surface area (Å²) < 4.78 is 20.5. The molecule has 0 fully saturated rings. The van der Waals surface area contributed by atoms with E-state index in [1.54, 1.807) is 0 Å². The third kappa shape index (κ3) is 6.43. The fraction of sp³-hybridized carbons (Fsp3) is 0.571. The van der Waals surface area contributed by atoms with Gasteiger partial charge in [0.2, 0.25) is 58.4 Å². The summed E-state index contributed by atoms with van der Waals surface area (Å²) in [6.07, 6.45) is 0.596. The van der Waals surface area contributed by atoms with Crippen LogP contribution in [0.5, 0.6) is 0 Å². The lowest BCUT2D eigenvalue weighted by Gasteiger charge is -2.24. The van der Waals surface area contributed by atoms with E-state index in [9.17, 15) is 24.1 Å². The van der Waals surface area contributed by atoms with Crippen molar-refractivity contribution in [2.24, 2.45) is 0 Å². The van der Waals surface area contributed by atoms with Gasteiger partial charge in [-0.1, -0.05) is 26.7 Å². The second-order valence-electron chi connectivity index (χ2n) is 9.22. The van der Waals surface area contributed by atoms with Crippen molar-refractivity contribution in [1.29, 1.82) is 0 Å². The molecular weight excluding hydrogens is 526 g/mol. The van der Waals surface area contributed by atoms with Gasteiger partial charge < -0.3 is 18.9 Å². The van der Waals surface area contributed by atoms with Gasteiger partial charge in [0.15, 0.2) is 0 Å². The average molecular weight is 565 g/mol. The van der Waals surface area contributed by atoms with Crippen molar-refractivity contribution in [3.63, 3.8) is 0 Å². The number of carbonyl (C=O) groups excluding carboxylic acids is 4. The fourth-order valence-electron chi connectivity index (χ4n) is 4.61. The largest absolute Gasteiger partial charge is 0.489 e. The van der Waals surface area contributed by atoms with Crippen LogP contribution in [0.4, 0.5) is 0 Å². The predicted octanol–water partition coefficient (Wildman–Crippen LogP) is 3.69. The molecule has 220 valence electrons. The van der Waals surface area contributed by atoms with E-state index in [0.717, 1.165) is 0 Å². The molecule has 40 heavy (non-hydrogen) atoms. The van der Waals surface area contributed by atoms with Crippen LogP contribution in [0.1, 0.15) is 66.2 Å². The number of Topliss-reactive ketones (excluding diaryl/α,β-unsaturated/α-hetero) is 4. The average Bonchev–Trinajstić information content (AvgIpc) is 2.93. The zero-order valence-electron chi connectivity index (χ0n) is 24.3. The number of methoxy groups -OCH3 is 4. The summed E-state index contributed by atoms with van der Waals surface area (Å²) in [6.45, 7) is 6.71. The minimum absolute atomic E-state index is 0.0493. The van der Waals surface area contributed by atoms with Crippen LogP contribution in [-0.2, 0) is 47.8 Å². The van der Waals surface area contributed by atoms with E-state index in [0.29, 0.717) is 25.7 Å². The van der Waals surface area contributed by atoms with Crippen LogP contribution in [0.2, 0.25) is 0 Å². The number of hydrogen-bond donors (Lipinski definition) is 0. The monoisotopic (exact) mass is 564 g/mol. The first kappa shape index (κ1) is 32.3. The summed E-state index contributed by atoms with van der Waals surface area (Å²) in [5.74, 6) is -3.51. The summed E-state index contributed by atoms with van der Waals surface area (Å²) in [7, 11) is 4.97. The second kappa shape index (κ2) is 14.4. The minimum Gasteiger partial charge on any atom is -0.489 e. The lowest BCUT2D eigenvalue weighted by atomic mass is 9.87. The predicted molar refractivity (Wildman–Crippen MR) is 140 cm³/mol. The molecule has 0 radical (unpaired) electrons. The van der Waals surface area contributed by atoms with Gasteiger partial charge in [-0.25, -0.2) is 0 Å². The molecule has 0 amide bonds. The van der Waals surface area contributed by atoms with Crippen molar-refractivity contribution in [2.45, 2.75) is 78.4 Å². The van der Waals surface area contributed by atoms with Crippen LogP contribution in [0, 0.1) is 4.91 Å². The Labute approximate surface area is 233 Å². The van der Waals surface area contributed by atoms with Crippen molar-refractivity contribution in [3.05, 3.63) is 50.2 Å². The number of hydrogen-bond acceptors (Lipinski definition) is 11. The van der Waals surface area contributed by atoms with Gasteiger partial charge in [-0.2, -0.15) is 9.68 Å². The number of carbonyl (C=O) groups is 4. The molecule has 2 unspecified atom stereocenters. The Morgan fingerprint density at radius 1 is 0.575 bits per heavy atom. The van der Waals surface area contributed by atoms with E-state index in [2.05, 4.69) is 0 Å². The molecule has 0 aromatic rings. The maximum absolute atomic E-state index is 13.3. The Hall–Kier alpha value is -3.96. The summed E-state index contributed by atoms with van der Waals surface area (Å²) in [4.78, 5) is 76.6. The lowest BCUT2D eigenvalue weighted by Crippen LogP contribution is -2.37. The molecule has 0 N–H and O–H groups in total. The SMILES string of the molecule is CCCCC(O[N+](=O)OC(CCCC)C1=C(C)C(=O)C(OC)=C(OC)C1=O)C1=C(C)C(=O)C(OC)=C(OC)C1=O. The molecule has 12 heteroatoms.